The van der Waals surface area contributed by atoms with Crippen LogP contribution in [0.5, 0.6) is 0 Å². The first-order chi connectivity index (χ1) is 8.65. The summed E-state index contributed by atoms with van der Waals surface area (Å²) >= 11 is 9.38. The molecule has 5 heteroatoms. The predicted molar refractivity (Wildman–Crippen MR) is 78.0 cm³/mol. The molecule has 2 rings (SSSR count). The van der Waals surface area contributed by atoms with E-state index in [1.54, 1.807) is 12.1 Å². The second kappa shape index (κ2) is 6.55. The zero-order chi connectivity index (χ0) is 13.0. The van der Waals surface area contributed by atoms with Crippen LogP contribution < -0.4 is 10.6 Å². The fourth-order valence-electron chi connectivity index (χ4n) is 2.10. The Balaban J connectivity index is 1.82. The highest BCUT2D eigenvalue weighted by atomic mass is 79.9. The predicted octanol–water partition coefficient (Wildman–Crippen LogP) is 3.43. The Morgan fingerprint density at radius 2 is 2.39 bits per heavy atom. The Labute approximate surface area is 120 Å². The Hall–Kier alpha value is -0.580. The van der Waals surface area contributed by atoms with Gasteiger partial charge < -0.3 is 10.6 Å². The van der Waals surface area contributed by atoms with Crippen molar-refractivity contribution in [1.82, 2.24) is 5.32 Å². The third-order valence-electron chi connectivity index (χ3n) is 3.15. The molecule has 0 aromatic heterocycles. The number of hydrogen-bond donors (Lipinski definition) is 2. The number of benzene rings is 1. The first kappa shape index (κ1) is 13.8. The summed E-state index contributed by atoms with van der Waals surface area (Å²) < 4.78 is 0.905. The number of halogens is 2. The number of amides is 1. The van der Waals surface area contributed by atoms with E-state index >= 15 is 0 Å². The number of nitrogens with one attached hydrogen (secondary N) is 2. The van der Waals surface area contributed by atoms with Crippen LogP contribution in [0, 0.1) is 5.92 Å². The first-order valence-electron chi connectivity index (χ1n) is 6.11. The molecule has 0 spiro atoms. The summed E-state index contributed by atoms with van der Waals surface area (Å²) in [6.45, 7) is 2.11. The number of carbonyl (C=O) groups excluding carboxylic acids is 1. The fraction of sp³-hybridized carbons (Fsp3) is 0.462. The third-order valence-corrected chi connectivity index (χ3v) is 3.95. The summed E-state index contributed by atoms with van der Waals surface area (Å²) in [5, 5.41) is 6.71. The zero-order valence-corrected chi connectivity index (χ0v) is 12.4. The summed E-state index contributed by atoms with van der Waals surface area (Å²) in [4.78, 5) is 11.8. The Morgan fingerprint density at radius 1 is 1.56 bits per heavy atom. The number of hydrogen-bond acceptors (Lipinski definition) is 2. The van der Waals surface area contributed by atoms with Gasteiger partial charge in [0.05, 0.1) is 10.7 Å². The molecule has 1 aromatic rings. The van der Waals surface area contributed by atoms with E-state index in [9.17, 15) is 4.79 Å². The third kappa shape index (κ3) is 3.97. The van der Waals surface area contributed by atoms with Gasteiger partial charge in [-0.3, -0.25) is 4.79 Å². The molecule has 1 aliphatic rings. The molecule has 1 aromatic carbocycles. The zero-order valence-electron chi connectivity index (χ0n) is 10.0. The standard InChI is InChI=1S/C13H16BrClN2O/c14-10-2-3-12(11(15)7-10)17-13(18)4-1-9-5-6-16-8-9/h2-3,7,9,16H,1,4-6,8H2,(H,17,18). The van der Waals surface area contributed by atoms with Crippen LogP contribution >= 0.6 is 27.5 Å². The minimum absolute atomic E-state index is 0.0334. The summed E-state index contributed by atoms with van der Waals surface area (Å²) in [6, 6.07) is 5.45. The molecule has 0 saturated carbocycles. The largest absolute Gasteiger partial charge is 0.325 e. The average Bonchev–Trinajstić information content (AvgIpc) is 2.83. The molecular formula is C13H16BrClN2O. The van der Waals surface area contributed by atoms with Crippen LogP contribution in [0.3, 0.4) is 0 Å². The lowest BCUT2D eigenvalue weighted by Crippen LogP contribution is -2.15. The topological polar surface area (TPSA) is 41.1 Å². The van der Waals surface area contributed by atoms with Crippen LogP contribution in [0.15, 0.2) is 22.7 Å². The molecule has 1 aliphatic heterocycles. The summed E-state index contributed by atoms with van der Waals surface area (Å²) in [5.41, 5.74) is 0.675. The molecule has 1 fully saturated rings. The second-order valence-electron chi connectivity index (χ2n) is 4.57. The van der Waals surface area contributed by atoms with Crippen molar-refractivity contribution in [2.75, 3.05) is 18.4 Å². The van der Waals surface area contributed by atoms with Crippen molar-refractivity contribution in [1.29, 1.82) is 0 Å². The van der Waals surface area contributed by atoms with E-state index in [4.69, 9.17) is 11.6 Å². The van der Waals surface area contributed by atoms with Crippen molar-refractivity contribution in [3.63, 3.8) is 0 Å². The van der Waals surface area contributed by atoms with Gasteiger partial charge >= 0.3 is 0 Å². The maximum absolute atomic E-state index is 11.8. The molecule has 2 N–H and O–H groups in total. The van der Waals surface area contributed by atoms with E-state index in [0.29, 0.717) is 23.0 Å². The van der Waals surface area contributed by atoms with Gasteiger partial charge in [-0.05, 0) is 50.0 Å². The number of rotatable bonds is 4. The van der Waals surface area contributed by atoms with Crippen molar-refractivity contribution >= 4 is 39.1 Å². The van der Waals surface area contributed by atoms with Gasteiger partial charge in [0.2, 0.25) is 5.91 Å². The molecule has 98 valence electrons. The number of anilines is 1. The van der Waals surface area contributed by atoms with Crippen LogP contribution in [-0.2, 0) is 4.79 Å². The second-order valence-corrected chi connectivity index (χ2v) is 5.89. The van der Waals surface area contributed by atoms with E-state index in [-0.39, 0.29) is 5.91 Å². The molecule has 1 unspecified atom stereocenters. The van der Waals surface area contributed by atoms with Gasteiger partial charge in [0.15, 0.2) is 0 Å². The Bertz CT molecular complexity index is 433. The summed E-state index contributed by atoms with van der Waals surface area (Å²) in [6.07, 6.45) is 2.66. The van der Waals surface area contributed by atoms with Gasteiger partial charge in [0, 0.05) is 10.9 Å². The normalized spacial score (nSPS) is 18.9. The van der Waals surface area contributed by atoms with Crippen molar-refractivity contribution in [2.45, 2.75) is 19.3 Å². The molecule has 1 atom stereocenters. The summed E-state index contributed by atoms with van der Waals surface area (Å²) in [7, 11) is 0. The molecule has 1 saturated heterocycles. The molecule has 18 heavy (non-hydrogen) atoms. The maximum Gasteiger partial charge on any atom is 0.224 e. The van der Waals surface area contributed by atoms with Crippen molar-refractivity contribution in [2.24, 2.45) is 5.92 Å². The fourth-order valence-corrected chi connectivity index (χ4v) is 2.82. The highest BCUT2D eigenvalue weighted by Gasteiger charge is 2.16. The van der Waals surface area contributed by atoms with Crippen LogP contribution in [0.25, 0.3) is 0 Å². The monoisotopic (exact) mass is 330 g/mol. The van der Waals surface area contributed by atoms with Crippen molar-refractivity contribution in [3.8, 4) is 0 Å². The van der Waals surface area contributed by atoms with Crippen LogP contribution in [0.4, 0.5) is 5.69 Å². The summed E-state index contributed by atoms with van der Waals surface area (Å²) in [5.74, 6) is 0.669. The number of carbonyl (C=O) groups is 1. The van der Waals surface area contributed by atoms with Crippen molar-refractivity contribution < 1.29 is 4.79 Å². The molecule has 1 heterocycles. The van der Waals surface area contributed by atoms with E-state index < -0.39 is 0 Å². The molecule has 3 nitrogen and oxygen atoms in total. The smallest absolute Gasteiger partial charge is 0.224 e. The van der Waals surface area contributed by atoms with Gasteiger partial charge in [-0.15, -0.1) is 0 Å². The van der Waals surface area contributed by atoms with Gasteiger partial charge in [-0.1, -0.05) is 27.5 Å². The van der Waals surface area contributed by atoms with E-state index in [2.05, 4.69) is 26.6 Å². The van der Waals surface area contributed by atoms with Gasteiger partial charge in [-0.2, -0.15) is 0 Å². The lowest BCUT2D eigenvalue weighted by molar-refractivity contribution is -0.116. The van der Waals surface area contributed by atoms with Crippen LogP contribution in [-0.4, -0.2) is 19.0 Å². The lowest BCUT2D eigenvalue weighted by atomic mass is 10.0. The van der Waals surface area contributed by atoms with Crippen LogP contribution in [0.1, 0.15) is 19.3 Å². The van der Waals surface area contributed by atoms with Crippen LogP contribution in [0.2, 0.25) is 5.02 Å². The van der Waals surface area contributed by atoms with E-state index in [1.807, 2.05) is 6.07 Å². The molecule has 1 amide bonds. The van der Waals surface area contributed by atoms with Gasteiger partial charge in [-0.25, -0.2) is 0 Å². The molecule has 0 radical (unpaired) electrons. The highest BCUT2D eigenvalue weighted by Crippen LogP contribution is 2.26. The quantitative estimate of drug-likeness (QED) is 0.887. The minimum Gasteiger partial charge on any atom is -0.325 e. The molecule has 0 bridgehead atoms. The Kier molecular flexibility index (Phi) is 5.03. The van der Waals surface area contributed by atoms with Crippen molar-refractivity contribution in [3.05, 3.63) is 27.7 Å². The molecule has 0 aliphatic carbocycles. The molecular weight excluding hydrogens is 316 g/mol. The van der Waals surface area contributed by atoms with Gasteiger partial charge in [0.25, 0.3) is 0 Å². The van der Waals surface area contributed by atoms with Gasteiger partial charge in [0.1, 0.15) is 0 Å². The maximum atomic E-state index is 11.8. The average molecular weight is 332 g/mol. The van der Waals surface area contributed by atoms with E-state index in [1.165, 1.54) is 6.42 Å². The first-order valence-corrected chi connectivity index (χ1v) is 7.28. The minimum atomic E-state index is 0.0334. The Morgan fingerprint density at radius 3 is 3.06 bits per heavy atom. The highest BCUT2D eigenvalue weighted by molar-refractivity contribution is 9.10. The van der Waals surface area contributed by atoms with E-state index in [0.717, 1.165) is 24.0 Å². The lowest BCUT2D eigenvalue weighted by Gasteiger charge is -2.10. The SMILES string of the molecule is O=C(CCC1CCNC1)Nc1ccc(Br)cc1Cl.